The van der Waals surface area contributed by atoms with E-state index in [4.69, 9.17) is 15.2 Å². The molecule has 2 unspecified atom stereocenters. The van der Waals surface area contributed by atoms with Crippen molar-refractivity contribution in [2.75, 3.05) is 20.8 Å². The van der Waals surface area contributed by atoms with Crippen molar-refractivity contribution in [1.82, 2.24) is 4.90 Å². The average Bonchev–Trinajstić information content (AvgIpc) is 2.48. The van der Waals surface area contributed by atoms with E-state index in [-0.39, 0.29) is 6.04 Å². The van der Waals surface area contributed by atoms with E-state index >= 15 is 0 Å². The molecule has 0 radical (unpaired) electrons. The number of nitrogens with zero attached hydrogens (tertiary/aromatic N) is 1. The Bertz CT molecular complexity index is 480. The van der Waals surface area contributed by atoms with Gasteiger partial charge in [-0.05, 0) is 54.4 Å². The molecule has 1 aliphatic rings. The molecule has 4 nitrogen and oxygen atoms in total. The summed E-state index contributed by atoms with van der Waals surface area (Å²) in [6.07, 6.45) is 3.68. The first-order valence-electron chi connectivity index (χ1n) is 7.46. The number of nitrogens with two attached hydrogens (primary N) is 1. The summed E-state index contributed by atoms with van der Waals surface area (Å²) >= 11 is 3.50. The van der Waals surface area contributed by atoms with Crippen LogP contribution < -0.4 is 15.2 Å². The van der Waals surface area contributed by atoms with Crippen LogP contribution in [0.1, 0.15) is 31.7 Å². The van der Waals surface area contributed by atoms with Crippen molar-refractivity contribution in [2.24, 2.45) is 5.73 Å². The number of rotatable bonds is 5. The Balaban J connectivity index is 2.24. The van der Waals surface area contributed by atoms with Gasteiger partial charge in [0.2, 0.25) is 0 Å². The van der Waals surface area contributed by atoms with E-state index in [1.807, 2.05) is 6.07 Å². The van der Waals surface area contributed by atoms with Crippen molar-refractivity contribution in [3.05, 3.63) is 22.2 Å². The maximum absolute atomic E-state index is 6.16. The van der Waals surface area contributed by atoms with Crippen molar-refractivity contribution in [3.63, 3.8) is 0 Å². The number of halogens is 1. The molecule has 2 atom stereocenters. The zero-order valence-electron chi connectivity index (χ0n) is 13.1. The minimum atomic E-state index is 0.189. The molecule has 1 saturated heterocycles. The van der Waals surface area contributed by atoms with E-state index in [0.717, 1.165) is 34.6 Å². The van der Waals surface area contributed by atoms with Crippen LogP contribution in [0.2, 0.25) is 0 Å². The lowest BCUT2D eigenvalue weighted by molar-refractivity contribution is 0.122. The first kappa shape index (κ1) is 16.6. The minimum Gasteiger partial charge on any atom is -0.496 e. The van der Waals surface area contributed by atoms with Crippen LogP contribution in [0.25, 0.3) is 0 Å². The lowest BCUT2D eigenvalue weighted by atomic mass is 9.96. The van der Waals surface area contributed by atoms with Gasteiger partial charge in [0.1, 0.15) is 11.5 Å². The molecule has 0 amide bonds. The number of ether oxygens (including phenoxy) is 2. The van der Waals surface area contributed by atoms with Gasteiger partial charge in [0.15, 0.2) is 0 Å². The fourth-order valence-electron chi connectivity index (χ4n) is 3.07. The van der Waals surface area contributed by atoms with Crippen LogP contribution in [0.3, 0.4) is 0 Å². The fourth-order valence-corrected chi connectivity index (χ4v) is 3.56. The molecule has 1 aromatic rings. The Hall–Kier alpha value is -0.780. The second-order valence-corrected chi connectivity index (χ2v) is 6.55. The van der Waals surface area contributed by atoms with Crippen LogP contribution in [0.15, 0.2) is 16.6 Å². The molecular weight excluding hydrogens is 332 g/mol. The predicted octanol–water partition coefficient (Wildman–Crippen LogP) is 3.17. The second kappa shape index (κ2) is 7.47. The van der Waals surface area contributed by atoms with Crippen molar-refractivity contribution < 1.29 is 9.47 Å². The Labute approximate surface area is 135 Å². The molecule has 1 aromatic carbocycles. The van der Waals surface area contributed by atoms with E-state index in [9.17, 15) is 0 Å². The van der Waals surface area contributed by atoms with Crippen LogP contribution in [-0.4, -0.2) is 37.7 Å². The summed E-state index contributed by atoms with van der Waals surface area (Å²) in [6.45, 7) is 4.04. The van der Waals surface area contributed by atoms with Gasteiger partial charge in [-0.2, -0.15) is 0 Å². The lowest BCUT2D eigenvalue weighted by Crippen LogP contribution is -2.48. The SMILES string of the molecule is COc1cc(CN2CCCCC2C(C)N)c(OC)cc1Br. The summed E-state index contributed by atoms with van der Waals surface area (Å²) in [7, 11) is 3.39. The quantitative estimate of drug-likeness (QED) is 0.879. The summed E-state index contributed by atoms with van der Waals surface area (Å²) in [5.41, 5.74) is 7.30. The molecule has 0 aliphatic carbocycles. The standard InChI is InChI=1S/C16H25BrN2O2/c1-11(18)14-6-4-5-7-19(14)10-12-8-16(21-3)13(17)9-15(12)20-2/h8-9,11,14H,4-7,10,18H2,1-3H3. The number of hydrogen-bond acceptors (Lipinski definition) is 4. The lowest BCUT2D eigenvalue weighted by Gasteiger charge is -2.38. The molecule has 5 heteroatoms. The summed E-state index contributed by atoms with van der Waals surface area (Å²) in [5.74, 6) is 1.72. The molecule has 0 spiro atoms. The highest BCUT2D eigenvalue weighted by molar-refractivity contribution is 9.10. The van der Waals surface area contributed by atoms with Crippen molar-refractivity contribution >= 4 is 15.9 Å². The van der Waals surface area contributed by atoms with Gasteiger partial charge in [0.05, 0.1) is 18.7 Å². The highest BCUT2D eigenvalue weighted by Crippen LogP contribution is 2.34. The Morgan fingerprint density at radius 2 is 2.00 bits per heavy atom. The van der Waals surface area contributed by atoms with Gasteiger partial charge in [-0.25, -0.2) is 0 Å². The number of hydrogen-bond donors (Lipinski definition) is 1. The van der Waals surface area contributed by atoms with Crippen LogP contribution in [0, 0.1) is 0 Å². The first-order valence-corrected chi connectivity index (χ1v) is 8.26. The third-order valence-electron chi connectivity index (χ3n) is 4.20. The zero-order chi connectivity index (χ0) is 15.4. The third kappa shape index (κ3) is 3.90. The molecule has 1 heterocycles. The molecule has 21 heavy (non-hydrogen) atoms. The normalized spacial score (nSPS) is 21.1. The van der Waals surface area contributed by atoms with Crippen LogP contribution in [0.4, 0.5) is 0 Å². The van der Waals surface area contributed by atoms with E-state index in [2.05, 4.69) is 33.8 Å². The average molecular weight is 357 g/mol. The largest absolute Gasteiger partial charge is 0.496 e. The van der Waals surface area contributed by atoms with Gasteiger partial charge in [0.25, 0.3) is 0 Å². The first-order chi connectivity index (χ1) is 10.1. The molecule has 118 valence electrons. The van der Waals surface area contributed by atoms with Gasteiger partial charge < -0.3 is 15.2 Å². The minimum absolute atomic E-state index is 0.189. The summed E-state index contributed by atoms with van der Waals surface area (Å²) in [5, 5.41) is 0. The highest BCUT2D eigenvalue weighted by atomic mass is 79.9. The molecule has 0 aromatic heterocycles. The van der Waals surface area contributed by atoms with E-state index < -0.39 is 0 Å². The second-order valence-electron chi connectivity index (χ2n) is 5.69. The highest BCUT2D eigenvalue weighted by Gasteiger charge is 2.26. The van der Waals surface area contributed by atoms with Crippen LogP contribution in [0.5, 0.6) is 11.5 Å². The van der Waals surface area contributed by atoms with Gasteiger partial charge in [0, 0.05) is 24.2 Å². The fraction of sp³-hybridized carbons (Fsp3) is 0.625. The maximum atomic E-state index is 6.16. The predicted molar refractivity (Wildman–Crippen MR) is 88.9 cm³/mol. The number of methoxy groups -OCH3 is 2. The van der Waals surface area contributed by atoms with Gasteiger partial charge in [-0.1, -0.05) is 6.42 Å². The molecular formula is C16H25BrN2O2. The van der Waals surface area contributed by atoms with Crippen LogP contribution in [-0.2, 0) is 6.54 Å². The Morgan fingerprint density at radius 3 is 2.62 bits per heavy atom. The van der Waals surface area contributed by atoms with Gasteiger partial charge in [-0.3, -0.25) is 4.90 Å². The summed E-state index contributed by atoms with van der Waals surface area (Å²) in [4.78, 5) is 2.47. The third-order valence-corrected chi connectivity index (χ3v) is 4.82. The summed E-state index contributed by atoms with van der Waals surface area (Å²) < 4.78 is 11.8. The van der Waals surface area contributed by atoms with E-state index in [0.29, 0.717) is 6.04 Å². The number of likely N-dealkylation sites (tertiary alicyclic amines) is 1. The molecule has 1 fully saturated rings. The maximum Gasteiger partial charge on any atom is 0.133 e. The van der Waals surface area contributed by atoms with E-state index in [1.54, 1.807) is 14.2 Å². The number of piperidine rings is 1. The van der Waals surface area contributed by atoms with Crippen molar-refractivity contribution in [1.29, 1.82) is 0 Å². The van der Waals surface area contributed by atoms with Crippen LogP contribution >= 0.6 is 15.9 Å². The van der Waals surface area contributed by atoms with Gasteiger partial charge >= 0.3 is 0 Å². The Kier molecular flexibility index (Phi) is 5.90. The molecule has 2 N–H and O–H groups in total. The van der Waals surface area contributed by atoms with Crippen molar-refractivity contribution in [3.8, 4) is 11.5 Å². The molecule has 1 aliphatic heterocycles. The van der Waals surface area contributed by atoms with Gasteiger partial charge in [-0.15, -0.1) is 0 Å². The summed E-state index contributed by atoms with van der Waals surface area (Å²) in [6, 6.07) is 4.65. The zero-order valence-corrected chi connectivity index (χ0v) is 14.6. The smallest absolute Gasteiger partial charge is 0.133 e. The molecule has 2 rings (SSSR count). The molecule has 0 bridgehead atoms. The van der Waals surface area contributed by atoms with E-state index in [1.165, 1.54) is 19.3 Å². The molecule has 0 saturated carbocycles. The topological polar surface area (TPSA) is 47.7 Å². The Morgan fingerprint density at radius 1 is 1.29 bits per heavy atom. The van der Waals surface area contributed by atoms with Crippen molar-refractivity contribution in [2.45, 2.75) is 44.8 Å². The number of benzene rings is 1. The monoisotopic (exact) mass is 356 g/mol.